The maximum atomic E-state index is 12.9. The predicted octanol–water partition coefficient (Wildman–Crippen LogP) is 1.80. The molecule has 2 aliphatic rings. The SMILES string of the molecule is Cc1cc(-c2ccc3c(c2)COCC3)cc(P)c1CC(=O)NS(=O)(=O)c1cc2n(n1)C[C@H](N(C)C)CO2. The highest BCUT2D eigenvalue weighted by atomic mass is 32.2. The number of benzene rings is 2. The van der Waals surface area contributed by atoms with E-state index < -0.39 is 15.9 Å². The van der Waals surface area contributed by atoms with E-state index in [0.29, 0.717) is 25.6 Å². The van der Waals surface area contributed by atoms with Gasteiger partial charge in [0.2, 0.25) is 16.8 Å². The molecule has 0 fully saturated rings. The fraction of sp³-hybridized carbons (Fsp3) is 0.385. The van der Waals surface area contributed by atoms with Crippen LogP contribution in [-0.2, 0) is 45.5 Å². The number of ether oxygens (including phenoxy) is 2. The van der Waals surface area contributed by atoms with Crippen LogP contribution in [0, 0.1) is 6.92 Å². The summed E-state index contributed by atoms with van der Waals surface area (Å²) in [5.41, 5.74) is 6.30. The molecule has 196 valence electrons. The molecular weight excluding hydrogens is 511 g/mol. The quantitative estimate of drug-likeness (QED) is 0.474. The third-order valence-corrected chi connectivity index (χ3v) is 8.70. The van der Waals surface area contributed by atoms with Gasteiger partial charge in [0.1, 0.15) is 6.61 Å². The Labute approximate surface area is 219 Å². The van der Waals surface area contributed by atoms with Gasteiger partial charge in [-0.2, -0.15) is 13.5 Å². The highest BCUT2D eigenvalue weighted by Gasteiger charge is 2.28. The summed E-state index contributed by atoms with van der Waals surface area (Å²) in [6, 6.07) is 11.9. The molecular formula is C26H31N4O5PS. The van der Waals surface area contributed by atoms with Gasteiger partial charge in [-0.25, -0.2) is 9.40 Å². The second-order valence-electron chi connectivity index (χ2n) is 9.78. The van der Waals surface area contributed by atoms with E-state index in [1.807, 2.05) is 38.1 Å². The third kappa shape index (κ3) is 5.43. The lowest BCUT2D eigenvalue weighted by Gasteiger charge is -2.28. The summed E-state index contributed by atoms with van der Waals surface area (Å²) in [5.74, 6) is -0.248. The van der Waals surface area contributed by atoms with Crippen molar-refractivity contribution in [3.8, 4) is 17.0 Å². The summed E-state index contributed by atoms with van der Waals surface area (Å²) in [6.45, 7) is 4.24. The molecule has 0 saturated heterocycles. The van der Waals surface area contributed by atoms with Gasteiger partial charge in [0, 0.05) is 6.07 Å². The zero-order chi connectivity index (χ0) is 26.3. The van der Waals surface area contributed by atoms with E-state index in [1.165, 1.54) is 21.9 Å². The highest BCUT2D eigenvalue weighted by molar-refractivity contribution is 7.90. The number of nitrogens with one attached hydrogen (secondary N) is 1. The lowest BCUT2D eigenvalue weighted by Crippen LogP contribution is -2.41. The van der Waals surface area contributed by atoms with E-state index >= 15 is 0 Å². The average Bonchev–Trinajstić information content (AvgIpc) is 3.30. The van der Waals surface area contributed by atoms with Crippen LogP contribution < -0.4 is 14.8 Å². The smallest absolute Gasteiger partial charge is 0.283 e. The molecule has 0 saturated carbocycles. The van der Waals surface area contributed by atoms with Crippen LogP contribution in [0.3, 0.4) is 0 Å². The Kier molecular flexibility index (Phi) is 7.11. The minimum atomic E-state index is -4.14. The number of aromatic nitrogens is 2. The molecule has 1 N–H and O–H groups in total. The van der Waals surface area contributed by atoms with Gasteiger partial charge in [0.15, 0.2) is 0 Å². The number of aryl methyl sites for hydroxylation is 1. The number of amides is 1. The van der Waals surface area contributed by atoms with Crippen molar-refractivity contribution in [2.75, 3.05) is 27.3 Å². The van der Waals surface area contributed by atoms with Crippen molar-refractivity contribution in [1.29, 1.82) is 0 Å². The lowest BCUT2D eigenvalue weighted by molar-refractivity contribution is -0.118. The Hall–Kier alpha value is -2.78. The number of nitrogens with zero attached hydrogens (tertiary/aromatic N) is 3. The molecule has 1 amide bonds. The molecule has 1 aromatic heterocycles. The van der Waals surface area contributed by atoms with E-state index in [-0.39, 0.29) is 17.5 Å². The van der Waals surface area contributed by atoms with Crippen molar-refractivity contribution < 1.29 is 22.7 Å². The summed E-state index contributed by atoms with van der Waals surface area (Å²) in [7, 11) is 2.39. The number of carbonyl (C=O) groups is 1. The zero-order valence-electron chi connectivity index (χ0n) is 21.2. The minimum absolute atomic E-state index is 0.0744. The summed E-state index contributed by atoms with van der Waals surface area (Å²) in [4.78, 5) is 14.8. The van der Waals surface area contributed by atoms with E-state index in [0.717, 1.165) is 40.6 Å². The molecule has 2 aromatic carbocycles. The Morgan fingerprint density at radius 2 is 2.00 bits per heavy atom. The van der Waals surface area contributed by atoms with Crippen molar-refractivity contribution in [3.63, 3.8) is 0 Å². The summed E-state index contributed by atoms with van der Waals surface area (Å²) in [6.07, 6.45) is 0.848. The molecule has 37 heavy (non-hydrogen) atoms. The molecule has 3 aromatic rings. The van der Waals surface area contributed by atoms with Crippen molar-refractivity contribution in [1.82, 2.24) is 19.4 Å². The first-order chi connectivity index (χ1) is 17.6. The average molecular weight is 543 g/mol. The van der Waals surface area contributed by atoms with Gasteiger partial charge in [0.05, 0.1) is 32.2 Å². The van der Waals surface area contributed by atoms with E-state index in [2.05, 4.69) is 37.3 Å². The molecule has 2 aliphatic heterocycles. The first kappa shape index (κ1) is 25.9. The maximum absolute atomic E-state index is 12.9. The van der Waals surface area contributed by atoms with Crippen LogP contribution in [0.5, 0.6) is 5.88 Å². The van der Waals surface area contributed by atoms with E-state index in [4.69, 9.17) is 9.47 Å². The molecule has 0 spiro atoms. The van der Waals surface area contributed by atoms with Crippen LogP contribution in [-0.4, -0.2) is 62.4 Å². The van der Waals surface area contributed by atoms with Gasteiger partial charge in [-0.3, -0.25) is 4.79 Å². The second-order valence-corrected chi connectivity index (χ2v) is 12.0. The molecule has 2 atom stereocenters. The van der Waals surface area contributed by atoms with E-state index in [9.17, 15) is 13.2 Å². The number of fused-ring (bicyclic) bond motifs is 2. The maximum Gasteiger partial charge on any atom is 0.283 e. The first-order valence-corrected chi connectivity index (χ1v) is 14.2. The summed E-state index contributed by atoms with van der Waals surface area (Å²) < 4.78 is 40.7. The van der Waals surface area contributed by atoms with Crippen molar-refractivity contribution in [2.45, 2.75) is 44.0 Å². The number of sulfonamides is 1. The van der Waals surface area contributed by atoms with Gasteiger partial charge >= 0.3 is 0 Å². The molecule has 11 heteroatoms. The van der Waals surface area contributed by atoms with Crippen molar-refractivity contribution in [2.24, 2.45) is 0 Å². The van der Waals surface area contributed by atoms with Crippen LogP contribution in [0.25, 0.3) is 11.1 Å². The van der Waals surface area contributed by atoms with Gasteiger partial charge in [-0.05, 0) is 78.3 Å². The molecule has 0 bridgehead atoms. The molecule has 5 rings (SSSR count). The third-order valence-electron chi connectivity index (χ3n) is 6.94. The van der Waals surface area contributed by atoms with Gasteiger partial charge < -0.3 is 14.4 Å². The second kappa shape index (κ2) is 10.2. The predicted molar refractivity (Wildman–Crippen MR) is 144 cm³/mol. The first-order valence-electron chi connectivity index (χ1n) is 12.1. The fourth-order valence-corrected chi connectivity index (χ4v) is 6.15. The summed E-state index contributed by atoms with van der Waals surface area (Å²) in [5, 5.41) is 4.79. The van der Waals surface area contributed by atoms with Crippen LogP contribution in [0.2, 0.25) is 0 Å². The van der Waals surface area contributed by atoms with Crippen LogP contribution in [0.4, 0.5) is 0 Å². The standard InChI is InChI=1S/C26H31N4O5PS/c1-16-8-19(18-5-4-17-6-7-34-14-20(17)9-18)10-23(36)22(16)11-24(31)28-37(32,33)25-12-26-30(27-25)13-21(15-35-26)29(2)3/h4-5,8-10,12,21H,6-7,11,13-15,36H2,1-3H3,(H,28,31)/t21-/m0/s1. The number of rotatable bonds is 6. The van der Waals surface area contributed by atoms with Crippen molar-refractivity contribution in [3.05, 3.63) is 58.7 Å². The highest BCUT2D eigenvalue weighted by Crippen LogP contribution is 2.28. The van der Waals surface area contributed by atoms with Gasteiger partial charge in [-0.1, -0.05) is 18.2 Å². The number of hydrogen-bond donors (Lipinski definition) is 1. The monoisotopic (exact) mass is 542 g/mol. The van der Waals surface area contributed by atoms with E-state index in [1.54, 1.807) is 0 Å². The van der Waals surface area contributed by atoms with Crippen molar-refractivity contribution >= 4 is 30.5 Å². The Morgan fingerprint density at radius 3 is 2.76 bits per heavy atom. The van der Waals surface area contributed by atoms with Crippen LogP contribution >= 0.6 is 9.24 Å². The number of carbonyl (C=O) groups excluding carboxylic acids is 1. The minimum Gasteiger partial charge on any atom is -0.476 e. The van der Waals surface area contributed by atoms with Gasteiger partial charge in [0.25, 0.3) is 10.0 Å². The number of likely N-dealkylation sites (N-methyl/N-ethyl adjacent to an activating group) is 1. The van der Waals surface area contributed by atoms with Gasteiger partial charge in [-0.15, -0.1) is 9.24 Å². The van der Waals surface area contributed by atoms with Crippen LogP contribution in [0.1, 0.15) is 22.3 Å². The fourth-order valence-electron chi connectivity index (χ4n) is 4.70. The zero-order valence-corrected chi connectivity index (χ0v) is 23.1. The van der Waals surface area contributed by atoms with Crippen LogP contribution in [0.15, 0.2) is 41.4 Å². The number of hydrogen-bond acceptors (Lipinski definition) is 7. The molecule has 9 nitrogen and oxygen atoms in total. The Morgan fingerprint density at radius 1 is 1.19 bits per heavy atom. The molecule has 3 heterocycles. The largest absolute Gasteiger partial charge is 0.476 e. The molecule has 0 radical (unpaired) electrons. The molecule has 1 unspecified atom stereocenters. The Bertz CT molecular complexity index is 1440. The lowest BCUT2D eigenvalue weighted by atomic mass is 9.94. The topological polar surface area (TPSA) is 103 Å². The normalized spacial score (nSPS) is 17.2. The molecule has 0 aliphatic carbocycles. The summed E-state index contributed by atoms with van der Waals surface area (Å²) >= 11 is 0. The Balaban J connectivity index is 1.30.